The number of rotatable bonds is 6. The minimum Gasteiger partial charge on any atom is -0.438 e. The van der Waals surface area contributed by atoms with Crippen molar-refractivity contribution in [3.63, 3.8) is 0 Å². The lowest BCUT2D eigenvalue weighted by Crippen LogP contribution is -1.91. The van der Waals surface area contributed by atoms with Gasteiger partial charge in [0.05, 0.1) is 18.1 Å². The summed E-state index contributed by atoms with van der Waals surface area (Å²) in [6.45, 7) is 0. The number of thiazole rings is 1. The van der Waals surface area contributed by atoms with E-state index in [2.05, 4.69) is 25.5 Å². The number of hydrogen-bond donors (Lipinski definition) is 1. The van der Waals surface area contributed by atoms with Gasteiger partial charge < -0.3 is 4.74 Å². The molecule has 0 fully saturated rings. The van der Waals surface area contributed by atoms with E-state index >= 15 is 0 Å². The summed E-state index contributed by atoms with van der Waals surface area (Å²) >= 11 is 1.51. The summed E-state index contributed by atoms with van der Waals surface area (Å²) in [5.74, 6) is 1.15. The average Bonchev–Trinajstić information content (AvgIpc) is 3.20. The number of nitrogens with zero attached hydrogens (tertiary/aromatic N) is 4. The molecule has 6 nitrogen and oxygen atoms in total. The van der Waals surface area contributed by atoms with Crippen molar-refractivity contribution in [3.8, 4) is 22.9 Å². The van der Waals surface area contributed by atoms with Gasteiger partial charge in [-0.2, -0.15) is 5.10 Å². The number of aromatic nitrogens is 3. The molecule has 0 bridgehead atoms. The van der Waals surface area contributed by atoms with E-state index in [-0.39, 0.29) is 0 Å². The fraction of sp³-hybridized carbons (Fsp3) is 0. The zero-order chi connectivity index (χ0) is 18.3. The number of ether oxygens (including phenoxy) is 1. The molecule has 0 radical (unpaired) electrons. The predicted octanol–water partition coefficient (Wildman–Crippen LogP) is 4.84. The Morgan fingerprint density at radius 3 is 2.63 bits per heavy atom. The Bertz CT molecular complexity index is 1020. The number of hydrazone groups is 1. The minimum atomic E-state index is 0.457. The summed E-state index contributed by atoms with van der Waals surface area (Å²) in [6.07, 6.45) is 6.49. The number of anilines is 1. The maximum Gasteiger partial charge on any atom is 0.237 e. The molecule has 0 aliphatic heterocycles. The first-order chi connectivity index (χ1) is 13.4. The van der Waals surface area contributed by atoms with Crippen LogP contribution in [0.25, 0.3) is 11.3 Å². The molecule has 1 N–H and O–H groups in total. The molecule has 0 aliphatic rings. The quantitative estimate of drug-likeness (QED) is 0.387. The van der Waals surface area contributed by atoms with Crippen molar-refractivity contribution in [1.82, 2.24) is 15.0 Å². The van der Waals surface area contributed by atoms with Crippen LogP contribution in [0.15, 0.2) is 83.7 Å². The van der Waals surface area contributed by atoms with E-state index in [0.29, 0.717) is 11.6 Å². The van der Waals surface area contributed by atoms with Crippen molar-refractivity contribution in [2.75, 3.05) is 5.43 Å². The van der Waals surface area contributed by atoms with Crippen LogP contribution in [0.2, 0.25) is 0 Å². The van der Waals surface area contributed by atoms with Gasteiger partial charge in [-0.15, -0.1) is 11.3 Å². The Morgan fingerprint density at radius 1 is 1.00 bits per heavy atom. The second-order valence-corrected chi connectivity index (χ2v) is 6.35. The third kappa shape index (κ3) is 4.53. The Kier molecular flexibility index (Phi) is 5.12. The molecule has 7 heteroatoms. The molecule has 0 saturated carbocycles. The van der Waals surface area contributed by atoms with E-state index in [0.717, 1.165) is 22.0 Å². The molecule has 4 aromatic rings. The second-order valence-electron chi connectivity index (χ2n) is 5.49. The number of benzene rings is 2. The first kappa shape index (κ1) is 16.9. The van der Waals surface area contributed by atoms with Crippen LogP contribution in [0, 0.1) is 0 Å². The summed E-state index contributed by atoms with van der Waals surface area (Å²) < 4.78 is 5.61. The van der Waals surface area contributed by atoms with Crippen LogP contribution in [-0.4, -0.2) is 21.2 Å². The first-order valence-corrected chi connectivity index (χ1v) is 9.09. The van der Waals surface area contributed by atoms with Gasteiger partial charge >= 0.3 is 0 Å². The third-order valence-electron chi connectivity index (χ3n) is 3.59. The Morgan fingerprint density at radius 2 is 1.85 bits per heavy atom. The molecule has 2 aromatic carbocycles. The van der Waals surface area contributed by atoms with Gasteiger partial charge in [-0.25, -0.2) is 9.97 Å². The van der Waals surface area contributed by atoms with Gasteiger partial charge in [-0.05, 0) is 29.8 Å². The lowest BCUT2D eigenvalue weighted by Gasteiger charge is -2.03. The summed E-state index contributed by atoms with van der Waals surface area (Å²) in [7, 11) is 0. The summed E-state index contributed by atoms with van der Waals surface area (Å²) in [4.78, 5) is 12.6. The van der Waals surface area contributed by atoms with Crippen LogP contribution in [0.5, 0.6) is 11.6 Å². The van der Waals surface area contributed by atoms with Crippen molar-refractivity contribution in [2.24, 2.45) is 5.10 Å². The molecule has 0 aliphatic carbocycles. The van der Waals surface area contributed by atoms with Gasteiger partial charge in [0.1, 0.15) is 5.75 Å². The van der Waals surface area contributed by atoms with Crippen molar-refractivity contribution >= 4 is 22.7 Å². The van der Waals surface area contributed by atoms with Crippen LogP contribution < -0.4 is 10.2 Å². The SMILES string of the molecule is C(=NNc1nc(-c2ccccc2)cs1)c1ccc(Oc2cnccn2)cc1. The minimum absolute atomic E-state index is 0.457. The molecule has 4 rings (SSSR count). The fourth-order valence-corrected chi connectivity index (χ4v) is 2.98. The zero-order valence-electron chi connectivity index (χ0n) is 14.2. The van der Waals surface area contributed by atoms with E-state index < -0.39 is 0 Å². The Labute approximate surface area is 160 Å². The lowest BCUT2D eigenvalue weighted by molar-refractivity contribution is 0.460. The second kappa shape index (κ2) is 8.20. The molecule has 132 valence electrons. The van der Waals surface area contributed by atoms with Crippen LogP contribution in [0.3, 0.4) is 0 Å². The summed E-state index contributed by atoms with van der Waals surface area (Å²) in [6, 6.07) is 17.6. The van der Waals surface area contributed by atoms with Gasteiger partial charge in [0.15, 0.2) is 0 Å². The third-order valence-corrected chi connectivity index (χ3v) is 4.34. The van der Waals surface area contributed by atoms with E-state index in [1.165, 1.54) is 11.3 Å². The topological polar surface area (TPSA) is 72.3 Å². The maximum absolute atomic E-state index is 5.61. The van der Waals surface area contributed by atoms with Gasteiger partial charge in [0, 0.05) is 23.3 Å². The van der Waals surface area contributed by atoms with Crippen molar-refractivity contribution in [1.29, 1.82) is 0 Å². The van der Waals surface area contributed by atoms with Gasteiger partial charge in [0.2, 0.25) is 11.0 Å². The molecule has 27 heavy (non-hydrogen) atoms. The van der Waals surface area contributed by atoms with Gasteiger partial charge in [0.25, 0.3) is 0 Å². The maximum atomic E-state index is 5.61. The van der Waals surface area contributed by atoms with Crippen molar-refractivity contribution in [2.45, 2.75) is 0 Å². The van der Waals surface area contributed by atoms with Crippen molar-refractivity contribution in [3.05, 3.63) is 84.1 Å². The summed E-state index contributed by atoms with van der Waals surface area (Å²) in [5.41, 5.74) is 5.93. The molecular weight excluding hydrogens is 358 g/mol. The van der Waals surface area contributed by atoms with Gasteiger partial charge in [-0.3, -0.25) is 10.4 Å². The smallest absolute Gasteiger partial charge is 0.237 e. The van der Waals surface area contributed by atoms with Crippen LogP contribution in [0.4, 0.5) is 5.13 Å². The monoisotopic (exact) mass is 373 g/mol. The molecule has 0 unspecified atom stereocenters. The zero-order valence-corrected chi connectivity index (χ0v) is 15.0. The summed E-state index contributed by atoms with van der Waals surface area (Å²) in [5, 5.41) is 6.99. The highest BCUT2D eigenvalue weighted by atomic mass is 32.1. The van der Waals surface area contributed by atoms with Crippen LogP contribution in [0.1, 0.15) is 5.56 Å². The first-order valence-electron chi connectivity index (χ1n) is 8.21. The van der Waals surface area contributed by atoms with E-state index in [4.69, 9.17) is 4.74 Å². The number of nitrogens with one attached hydrogen (secondary N) is 1. The van der Waals surface area contributed by atoms with Crippen LogP contribution >= 0.6 is 11.3 Å². The molecule has 0 amide bonds. The molecule has 2 heterocycles. The standard InChI is InChI=1S/C20H15N5OS/c1-2-4-16(5-3-1)18-14-27-20(24-18)25-23-12-15-6-8-17(9-7-15)26-19-13-21-10-11-22-19/h1-14H,(H,24,25). The number of hydrogen-bond acceptors (Lipinski definition) is 7. The lowest BCUT2D eigenvalue weighted by atomic mass is 10.2. The highest BCUT2D eigenvalue weighted by molar-refractivity contribution is 7.14. The van der Waals surface area contributed by atoms with E-state index in [1.807, 2.05) is 60.0 Å². The highest BCUT2D eigenvalue weighted by Crippen LogP contribution is 2.24. The van der Waals surface area contributed by atoms with Crippen LogP contribution in [-0.2, 0) is 0 Å². The average molecular weight is 373 g/mol. The predicted molar refractivity (Wildman–Crippen MR) is 107 cm³/mol. The molecule has 0 spiro atoms. The van der Waals surface area contributed by atoms with Crippen molar-refractivity contribution < 1.29 is 4.74 Å². The normalized spacial score (nSPS) is 10.8. The van der Waals surface area contributed by atoms with E-state index in [1.54, 1.807) is 24.8 Å². The fourth-order valence-electron chi connectivity index (χ4n) is 2.31. The highest BCUT2D eigenvalue weighted by Gasteiger charge is 2.03. The largest absolute Gasteiger partial charge is 0.438 e. The Hall–Kier alpha value is -3.58. The Balaban J connectivity index is 1.35. The van der Waals surface area contributed by atoms with E-state index in [9.17, 15) is 0 Å². The molecular formula is C20H15N5OS. The molecule has 2 aromatic heterocycles. The molecule has 0 saturated heterocycles. The van der Waals surface area contributed by atoms with Gasteiger partial charge in [-0.1, -0.05) is 30.3 Å². The molecule has 0 atom stereocenters.